The molecule has 86 valence electrons. The van der Waals surface area contributed by atoms with Crippen LogP contribution in [-0.4, -0.2) is 11.5 Å². The Morgan fingerprint density at radius 3 is 2.67 bits per heavy atom. The van der Waals surface area contributed by atoms with Gasteiger partial charge < -0.3 is 5.32 Å². The molecule has 0 aliphatic carbocycles. The molecule has 1 rings (SSSR count). The van der Waals surface area contributed by atoms with Crippen LogP contribution >= 0.6 is 22.9 Å². The molecule has 0 bridgehead atoms. The lowest BCUT2D eigenvalue weighted by Gasteiger charge is -2.27. The third kappa shape index (κ3) is 4.49. The Balaban J connectivity index is 2.28. The van der Waals surface area contributed by atoms with E-state index < -0.39 is 0 Å². The van der Waals surface area contributed by atoms with E-state index in [-0.39, 0.29) is 0 Å². The van der Waals surface area contributed by atoms with Crippen LogP contribution in [0.3, 0.4) is 0 Å². The average Bonchev–Trinajstić information content (AvgIpc) is 2.49. The molecule has 0 radical (unpaired) electrons. The third-order valence-electron chi connectivity index (χ3n) is 2.73. The number of thiazole rings is 1. The van der Waals surface area contributed by atoms with Crippen molar-refractivity contribution in [1.29, 1.82) is 0 Å². The van der Waals surface area contributed by atoms with E-state index in [1.807, 2.05) is 0 Å². The standard InChI is InChI=1S/C11H19ClN2S/c1-8(11(2,3)4)5-13-7-10-14-6-9(12)15-10/h6,8,13H,5,7H2,1-4H3. The first kappa shape index (κ1) is 12.9. The van der Waals surface area contributed by atoms with Crippen LogP contribution in [0.1, 0.15) is 32.7 Å². The topological polar surface area (TPSA) is 24.9 Å². The van der Waals surface area contributed by atoms with Gasteiger partial charge in [-0.3, -0.25) is 0 Å². The molecule has 1 unspecified atom stereocenters. The lowest BCUT2D eigenvalue weighted by atomic mass is 9.82. The van der Waals surface area contributed by atoms with E-state index in [4.69, 9.17) is 11.6 Å². The first-order valence-corrected chi connectivity index (χ1v) is 6.40. The normalized spacial score (nSPS) is 14.2. The lowest BCUT2D eigenvalue weighted by Crippen LogP contribution is -2.29. The summed E-state index contributed by atoms with van der Waals surface area (Å²) in [5, 5.41) is 4.47. The van der Waals surface area contributed by atoms with E-state index in [1.165, 1.54) is 11.3 Å². The molecule has 1 N–H and O–H groups in total. The van der Waals surface area contributed by atoms with Crippen LogP contribution in [-0.2, 0) is 6.54 Å². The van der Waals surface area contributed by atoms with E-state index in [0.717, 1.165) is 22.4 Å². The minimum atomic E-state index is 0.355. The molecule has 0 saturated heterocycles. The summed E-state index contributed by atoms with van der Waals surface area (Å²) in [5.74, 6) is 0.646. The number of halogens is 1. The number of nitrogens with zero attached hydrogens (tertiary/aromatic N) is 1. The average molecular weight is 247 g/mol. The molecule has 2 nitrogen and oxygen atoms in total. The van der Waals surface area contributed by atoms with Crippen molar-refractivity contribution in [2.24, 2.45) is 11.3 Å². The SMILES string of the molecule is CC(CNCc1ncc(Cl)s1)C(C)(C)C. The number of aromatic nitrogens is 1. The molecule has 15 heavy (non-hydrogen) atoms. The molecule has 0 amide bonds. The highest BCUT2D eigenvalue weighted by molar-refractivity contribution is 7.15. The molecular formula is C11H19ClN2S. The Bertz CT molecular complexity index is 304. The summed E-state index contributed by atoms with van der Waals surface area (Å²) >= 11 is 7.34. The molecule has 0 aliphatic heterocycles. The van der Waals surface area contributed by atoms with Crippen molar-refractivity contribution in [1.82, 2.24) is 10.3 Å². The second-order valence-electron chi connectivity index (χ2n) is 4.96. The number of hydrogen-bond donors (Lipinski definition) is 1. The number of nitrogens with one attached hydrogen (secondary N) is 1. The summed E-state index contributed by atoms with van der Waals surface area (Å²) in [7, 11) is 0. The van der Waals surface area contributed by atoms with Crippen molar-refractivity contribution in [3.63, 3.8) is 0 Å². The van der Waals surface area contributed by atoms with E-state index in [2.05, 4.69) is 38.0 Å². The Hall–Kier alpha value is -0.120. The van der Waals surface area contributed by atoms with Crippen LogP contribution in [0.5, 0.6) is 0 Å². The van der Waals surface area contributed by atoms with Crippen molar-refractivity contribution in [2.75, 3.05) is 6.54 Å². The molecule has 0 aliphatic rings. The van der Waals surface area contributed by atoms with E-state index in [1.54, 1.807) is 6.20 Å². The highest BCUT2D eigenvalue weighted by Gasteiger charge is 2.19. The molecule has 1 heterocycles. The fraction of sp³-hybridized carbons (Fsp3) is 0.727. The molecule has 0 aromatic carbocycles. The smallest absolute Gasteiger partial charge is 0.113 e. The van der Waals surface area contributed by atoms with Crippen LogP contribution in [0.2, 0.25) is 4.34 Å². The first-order chi connectivity index (χ1) is 6.89. The minimum Gasteiger partial charge on any atom is -0.310 e. The summed E-state index contributed by atoms with van der Waals surface area (Å²) in [6, 6.07) is 0. The Kier molecular flexibility index (Phi) is 4.56. The van der Waals surface area contributed by atoms with Gasteiger partial charge in [0.25, 0.3) is 0 Å². The predicted molar refractivity (Wildman–Crippen MR) is 67.4 cm³/mol. The van der Waals surface area contributed by atoms with Gasteiger partial charge in [0.2, 0.25) is 0 Å². The number of rotatable bonds is 4. The monoisotopic (exact) mass is 246 g/mol. The largest absolute Gasteiger partial charge is 0.310 e. The van der Waals surface area contributed by atoms with Crippen LogP contribution in [0, 0.1) is 11.3 Å². The molecule has 0 fully saturated rings. The van der Waals surface area contributed by atoms with Crippen molar-refractivity contribution >= 4 is 22.9 Å². The zero-order valence-corrected chi connectivity index (χ0v) is 11.4. The van der Waals surface area contributed by atoms with Gasteiger partial charge in [-0.2, -0.15) is 0 Å². The maximum atomic E-state index is 5.80. The highest BCUT2D eigenvalue weighted by atomic mass is 35.5. The van der Waals surface area contributed by atoms with Gasteiger partial charge in [-0.1, -0.05) is 39.3 Å². The van der Waals surface area contributed by atoms with Gasteiger partial charge in [-0.15, -0.1) is 11.3 Å². The molecule has 0 saturated carbocycles. The predicted octanol–water partition coefficient (Wildman–Crippen LogP) is 3.57. The van der Waals surface area contributed by atoms with E-state index in [0.29, 0.717) is 11.3 Å². The summed E-state index contributed by atoms with van der Waals surface area (Å²) in [6.45, 7) is 10.9. The van der Waals surface area contributed by atoms with Crippen molar-refractivity contribution < 1.29 is 0 Å². The van der Waals surface area contributed by atoms with Crippen LogP contribution in [0.25, 0.3) is 0 Å². The van der Waals surface area contributed by atoms with Gasteiger partial charge in [0.1, 0.15) is 9.34 Å². The second kappa shape index (κ2) is 5.28. The Labute approximate surface area is 101 Å². The highest BCUT2D eigenvalue weighted by Crippen LogP contribution is 2.24. The fourth-order valence-corrected chi connectivity index (χ4v) is 2.00. The lowest BCUT2D eigenvalue weighted by molar-refractivity contribution is 0.252. The van der Waals surface area contributed by atoms with Crippen molar-refractivity contribution in [2.45, 2.75) is 34.2 Å². The quantitative estimate of drug-likeness (QED) is 0.879. The summed E-state index contributed by atoms with van der Waals surface area (Å²) in [5.41, 5.74) is 0.355. The van der Waals surface area contributed by atoms with Crippen LogP contribution in [0.15, 0.2) is 6.20 Å². The Morgan fingerprint density at radius 1 is 1.53 bits per heavy atom. The van der Waals surface area contributed by atoms with Gasteiger partial charge in [0.15, 0.2) is 0 Å². The zero-order valence-electron chi connectivity index (χ0n) is 9.80. The first-order valence-electron chi connectivity index (χ1n) is 5.20. The summed E-state index contributed by atoms with van der Waals surface area (Å²) in [6.07, 6.45) is 1.70. The van der Waals surface area contributed by atoms with Crippen molar-refractivity contribution in [3.05, 3.63) is 15.5 Å². The van der Waals surface area contributed by atoms with Gasteiger partial charge in [-0.25, -0.2) is 4.98 Å². The summed E-state index contributed by atoms with van der Waals surface area (Å²) < 4.78 is 0.760. The molecule has 1 atom stereocenters. The molecule has 1 aromatic heterocycles. The zero-order chi connectivity index (χ0) is 11.5. The van der Waals surface area contributed by atoms with Gasteiger partial charge in [0, 0.05) is 6.54 Å². The molecule has 0 spiro atoms. The minimum absolute atomic E-state index is 0.355. The van der Waals surface area contributed by atoms with Gasteiger partial charge in [-0.05, 0) is 17.9 Å². The van der Waals surface area contributed by atoms with Crippen LogP contribution < -0.4 is 5.32 Å². The van der Waals surface area contributed by atoms with Crippen LogP contribution in [0.4, 0.5) is 0 Å². The van der Waals surface area contributed by atoms with Crippen molar-refractivity contribution in [3.8, 4) is 0 Å². The fourth-order valence-electron chi connectivity index (χ4n) is 1.07. The van der Waals surface area contributed by atoms with Gasteiger partial charge >= 0.3 is 0 Å². The second-order valence-corrected chi connectivity index (χ2v) is 6.70. The maximum absolute atomic E-state index is 5.80. The summed E-state index contributed by atoms with van der Waals surface area (Å²) in [4.78, 5) is 4.20. The number of hydrogen-bond acceptors (Lipinski definition) is 3. The van der Waals surface area contributed by atoms with Gasteiger partial charge in [0.05, 0.1) is 6.20 Å². The van der Waals surface area contributed by atoms with E-state index in [9.17, 15) is 0 Å². The maximum Gasteiger partial charge on any atom is 0.113 e. The van der Waals surface area contributed by atoms with E-state index >= 15 is 0 Å². The molecule has 1 aromatic rings. The Morgan fingerprint density at radius 2 is 2.20 bits per heavy atom. The third-order valence-corrected chi connectivity index (χ3v) is 3.85. The molecule has 4 heteroatoms. The molecular weight excluding hydrogens is 228 g/mol.